The number of nitrogens with zero attached hydrogens (tertiary/aromatic N) is 3. The second-order valence-corrected chi connectivity index (χ2v) is 4.21. The fraction of sp³-hybridized carbons (Fsp3) is 0.250. The SMILES string of the molecule is O=C(O)C1CN(c2noc(-c3ccccc3)n2)C1. The van der Waals surface area contributed by atoms with Crippen LogP contribution in [0.4, 0.5) is 5.95 Å². The number of rotatable bonds is 3. The summed E-state index contributed by atoms with van der Waals surface area (Å²) in [5.41, 5.74) is 0.853. The molecule has 1 aliphatic rings. The van der Waals surface area contributed by atoms with Crippen molar-refractivity contribution in [1.82, 2.24) is 10.1 Å². The largest absolute Gasteiger partial charge is 0.481 e. The molecule has 6 nitrogen and oxygen atoms in total. The first-order chi connectivity index (χ1) is 8.74. The molecule has 3 rings (SSSR count). The highest BCUT2D eigenvalue weighted by atomic mass is 16.5. The summed E-state index contributed by atoms with van der Waals surface area (Å²) in [6.07, 6.45) is 0. The first kappa shape index (κ1) is 10.8. The standard InChI is InChI=1S/C12H11N3O3/c16-11(17)9-6-15(7-9)12-13-10(18-14-12)8-4-2-1-3-5-8/h1-5,9H,6-7H2,(H,16,17). The van der Waals surface area contributed by atoms with E-state index in [4.69, 9.17) is 9.63 Å². The Morgan fingerprint density at radius 1 is 1.33 bits per heavy atom. The van der Waals surface area contributed by atoms with Crippen LogP contribution in [0.5, 0.6) is 0 Å². The van der Waals surface area contributed by atoms with Crippen molar-refractivity contribution in [2.45, 2.75) is 0 Å². The molecule has 1 aromatic carbocycles. The molecular weight excluding hydrogens is 234 g/mol. The number of benzene rings is 1. The lowest BCUT2D eigenvalue weighted by molar-refractivity contribution is -0.142. The molecule has 1 fully saturated rings. The van der Waals surface area contributed by atoms with Gasteiger partial charge in [0.05, 0.1) is 5.92 Å². The molecule has 0 aliphatic carbocycles. The van der Waals surface area contributed by atoms with Crippen molar-refractivity contribution in [2.24, 2.45) is 5.92 Å². The molecule has 0 amide bonds. The van der Waals surface area contributed by atoms with Gasteiger partial charge in [0.2, 0.25) is 0 Å². The second kappa shape index (κ2) is 4.14. The molecule has 1 N–H and O–H groups in total. The van der Waals surface area contributed by atoms with Gasteiger partial charge in [0, 0.05) is 18.7 Å². The highest BCUT2D eigenvalue weighted by molar-refractivity contribution is 5.73. The van der Waals surface area contributed by atoms with Crippen LogP contribution < -0.4 is 4.90 Å². The van der Waals surface area contributed by atoms with Crippen LogP contribution in [0.3, 0.4) is 0 Å². The number of aromatic nitrogens is 2. The van der Waals surface area contributed by atoms with E-state index in [-0.39, 0.29) is 5.92 Å². The molecule has 0 spiro atoms. The van der Waals surface area contributed by atoms with E-state index in [0.29, 0.717) is 24.9 Å². The molecule has 0 atom stereocenters. The van der Waals surface area contributed by atoms with Gasteiger partial charge in [0.1, 0.15) is 0 Å². The summed E-state index contributed by atoms with van der Waals surface area (Å²) in [5, 5.41) is 12.6. The molecule has 2 heterocycles. The Bertz CT molecular complexity index is 561. The van der Waals surface area contributed by atoms with E-state index in [1.165, 1.54) is 0 Å². The van der Waals surface area contributed by atoms with Crippen LogP contribution in [0.2, 0.25) is 0 Å². The van der Waals surface area contributed by atoms with E-state index in [1.807, 2.05) is 30.3 Å². The van der Waals surface area contributed by atoms with Gasteiger partial charge >= 0.3 is 5.97 Å². The number of hydrogen-bond acceptors (Lipinski definition) is 5. The van der Waals surface area contributed by atoms with Crippen molar-refractivity contribution in [1.29, 1.82) is 0 Å². The third kappa shape index (κ3) is 1.81. The van der Waals surface area contributed by atoms with Crippen LogP contribution in [0.1, 0.15) is 0 Å². The zero-order chi connectivity index (χ0) is 12.5. The monoisotopic (exact) mass is 245 g/mol. The van der Waals surface area contributed by atoms with Gasteiger partial charge in [-0.2, -0.15) is 4.98 Å². The van der Waals surface area contributed by atoms with Crippen LogP contribution in [-0.4, -0.2) is 34.3 Å². The van der Waals surface area contributed by atoms with E-state index >= 15 is 0 Å². The number of carbonyl (C=O) groups is 1. The zero-order valence-electron chi connectivity index (χ0n) is 9.48. The summed E-state index contributed by atoms with van der Waals surface area (Å²) >= 11 is 0. The predicted molar refractivity (Wildman–Crippen MR) is 63.1 cm³/mol. The third-order valence-electron chi connectivity index (χ3n) is 2.95. The van der Waals surface area contributed by atoms with Crippen molar-refractivity contribution in [3.05, 3.63) is 30.3 Å². The van der Waals surface area contributed by atoms with Gasteiger partial charge in [-0.05, 0) is 17.3 Å². The van der Waals surface area contributed by atoms with Crippen LogP contribution in [0, 0.1) is 5.92 Å². The Morgan fingerprint density at radius 3 is 2.72 bits per heavy atom. The maximum absolute atomic E-state index is 10.7. The minimum Gasteiger partial charge on any atom is -0.481 e. The van der Waals surface area contributed by atoms with Gasteiger partial charge in [0.15, 0.2) is 0 Å². The van der Waals surface area contributed by atoms with E-state index in [9.17, 15) is 4.79 Å². The number of anilines is 1. The number of hydrogen-bond donors (Lipinski definition) is 1. The quantitative estimate of drug-likeness (QED) is 0.876. The fourth-order valence-corrected chi connectivity index (χ4v) is 1.84. The molecular formula is C12H11N3O3. The fourth-order valence-electron chi connectivity index (χ4n) is 1.84. The molecule has 1 aliphatic heterocycles. The molecule has 0 bridgehead atoms. The first-order valence-corrected chi connectivity index (χ1v) is 5.61. The summed E-state index contributed by atoms with van der Waals surface area (Å²) in [4.78, 5) is 16.7. The first-order valence-electron chi connectivity index (χ1n) is 5.61. The zero-order valence-corrected chi connectivity index (χ0v) is 9.48. The maximum Gasteiger partial charge on any atom is 0.310 e. The van der Waals surface area contributed by atoms with Crippen LogP contribution >= 0.6 is 0 Å². The molecule has 18 heavy (non-hydrogen) atoms. The van der Waals surface area contributed by atoms with Crippen molar-refractivity contribution in [3.63, 3.8) is 0 Å². The average molecular weight is 245 g/mol. The molecule has 6 heteroatoms. The lowest BCUT2D eigenvalue weighted by atomic mass is 10.0. The molecule has 2 aromatic rings. The van der Waals surface area contributed by atoms with Crippen LogP contribution in [-0.2, 0) is 4.79 Å². The molecule has 0 unspecified atom stereocenters. The predicted octanol–water partition coefficient (Wildman–Crippen LogP) is 1.26. The summed E-state index contributed by atoms with van der Waals surface area (Å²) in [6.45, 7) is 0.867. The highest BCUT2D eigenvalue weighted by Crippen LogP contribution is 2.25. The van der Waals surface area contributed by atoms with Gasteiger partial charge in [-0.25, -0.2) is 0 Å². The minimum atomic E-state index is -0.780. The molecule has 92 valence electrons. The van der Waals surface area contributed by atoms with Crippen LogP contribution in [0.25, 0.3) is 11.5 Å². The van der Waals surface area contributed by atoms with Gasteiger partial charge in [-0.1, -0.05) is 18.2 Å². The van der Waals surface area contributed by atoms with E-state index in [1.54, 1.807) is 4.90 Å². The van der Waals surface area contributed by atoms with Gasteiger partial charge < -0.3 is 14.5 Å². The molecule has 1 aromatic heterocycles. The van der Waals surface area contributed by atoms with Crippen molar-refractivity contribution >= 4 is 11.9 Å². The molecule has 1 saturated heterocycles. The van der Waals surface area contributed by atoms with Crippen molar-refractivity contribution in [3.8, 4) is 11.5 Å². The van der Waals surface area contributed by atoms with E-state index in [2.05, 4.69) is 10.1 Å². The topological polar surface area (TPSA) is 79.5 Å². The van der Waals surface area contributed by atoms with Gasteiger partial charge in [-0.3, -0.25) is 4.79 Å². The summed E-state index contributed by atoms with van der Waals surface area (Å²) in [7, 11) is 0. The Morgan fingerprint density at radius 2 is 2.06 bits per heavy atom. The Kier molecular flexibility index (Phi) is 2.47. The van der Waals surface area contributed by atoms with Crippen molar-refractivity contribution in [2.75, 3.05) is 18.0 Å². The lowest BCUT2D eigenvalue weighted by Crippen LogP contribution is -2.50. The number of carboxylic acid groups (broad SMARTS) is 1. The highest BCUT2D eigenvalue weighted by Gasteiger charge is 2.35. The number of carboxylic acids is 1. The van der Waals surface area contributed by atoms with E-state index in [0.717, 1.165) is 5.56 Å². The Balaban J connectivity index is 1.74. The van der Waals surface area contributed by atoms with E-state index < -0.39 is 5.97 Å². The summed E-state index contributed by atoms with van der Waals surface area (Å²) in [6, 6.07) is 9.46. The van der Waals surface area contributed by atoms with Gasteiger partial charge in [0.25, 0.3) is 11.8 Å². The number of aliphatic carboxylic acids is 1. The minimum absolute atomic E-state index is 0.330. The summed E-state index contributed by atoms with van der Waals surface area (Å²) < 4.78 is 5.15. The molecule has 0 radical (unpaired) electrons. The van der Waals surface area contributed by atoms with Crippen LogP contribution in [0.15, 0.2) is 34.9 Å². The molecule has 0 saturated carbocycles. The maximum atomic E-state index is 10.7. The second-order valence-electron chi connectivity index (χ2n) is 4.21. The smallest absolute Gasteiger partial charge is 0.310 e. The van der Waals surface area contributed by atoms with Crippen molar-refractivity contribution < 1.29 is 14.4 Å². The average Bonchev–Trinajstić information content (AvgIpc) is 2.77. The Hall–Kier alpha value is -2.37. The normalized spacial score (nSPS) is 15.4. The van der Waals surface area contributed by atoms with Gasteiger partial charge in [-0.15, -0.1) is 0 Å². The lowest BCUT2D eigenvalue weighted by Gasteiger charge is -2.35. The Labute approximate surface area is 103 Å². The summed E-state index contributed by atoms with van der Waals surface area (Å²) in [5.74, 6) is -0.211. The third-order valence-corrected chi connectivity index (χ3v) is 2.95.